The fraction of sp³-hybridized carbons (Fsp3) is 0.211. The van der Waals surface area contributed by atoms with E-state index in [0.29, 0.717) is 41.0 Å². The minimum absolute atomic E-state index is 0.0641. The predicted octanol–water partition coefficient (Wildman–Crippen LogP) is 4.90. The molecule has 0 aliphatic rings. The van der Waals surface area contributed by atoms with Gasteiger partial charge in [-0.3, -0.25) is 4.79 Å². The number of ether oxygens (including phenoxy) is 1. The van der Waals surface area contributed by atoms with E-state index in [2.05, 4.69) is 31.3 Å². The normalized spacial score (nSPS) is 10.7. The van der Waals surface area contributed by atoms with Crippen molar-refractivity contribution in [3.8, 4) is 11.4 Å². The third kappa shape index (κ3) is 4.31. The van der Waals surface area contributed by atoms with Crippen LogP contribution >= 0.6 is 27.5 Å². The van der Waals surface area contributed by atoms with Crippen LogP contribution in [0.2, 0.25) is 5.02 Å². The van der Waals surface area contributed by atoms with E-state index in [1.54, 1.807) is 22.9 Å². The maximum atomic E-state index is 12.7. The van der Waals surface area contributed by atoms with E-state index in [4.69, 9.17) is 16.3 Å². The molecule has 0 aliphatic heterocycles. The number of aromatic nitrogens is 3. The van der Waals surface area contributed by atoms with Crippen LogP contribution in [0.3, 0.4) is 0 Å². The second-order valence-corrected chi connectivity index (χ2v) is 6.92. The fourth-order valence-electron chi connectivity index (χ4n) is 2.55. The molecular weight excluding hydrogens is 432 g/mol. The number of benzene rings is 2. The summed E-state index contributed by atoms with van der Waals surface area (Å²) in [6.45, 7) is 4.32. The van der Waals surface area contributed by atoms with Crippen LogP contribution in [0.5, 0.6) is 5.75 Å². The lowest BCUT2D eigenvalue weighted by Crippen LogP contribution is -2.15. The molecule has 1 aromatic heterocycles. The van der Waals surface area contributed by atoms with Gasteiger partial charge in [0.1, 0.15) is 11.6 Å². The van der Waals surface area contributed by atoms with Gasteiger partial charge in [0.25, 0.3) is 5.91 Å². The van der Waals surface area contributed by atoms with Crippen molar-refractivity contribution in [3.63, 3.8) is 0 Å². The summed E-state index contributed by atoms with van der Waals surface area (Å²) in [7, 11) is 0. The zero-order valence-electron chi connectivity index (χ0n) is 14.9. The topological polar surface area (TPSA) is 69.0 Å². The van der Waals surface area contributed by atoms with Gasteiger partial charge in [-0.1, -0.05) is 46.6 Å². The van der Waals surface area contributed by atoms with E-state index in [1.807, 2.05) is 38.1 Å². The van der Waals surface area contributed by atoms with Gasteiger partial charge < -0.3 is 10.1 Å². The summed E-state index contributed by atoms with van der Waals surface area (Å²) in [5.74, 6) is 0.867. The minimum atomic E-state index is -0.422. The summed E-state index contributed by atoms with van der Waals surface area (Å²) in [4.78, 5) is 17.1. The molecule has 2 aromatic carbocycles. The first-order chi connectivity index (χ1) is 13.0. The van der Waals surface area contributed by atoms with Crippen LogP contribution in [0.4, 0.5) is 5.69 Å². The van der Waals surface area contributed by atoms with E-state index >= 15 is 0 Å². The molecule has 27 heavy (non-hydrogen) atoms. The van der Waals surface area contributed by atoms with E-state index in [0.717, 1.165) is 4.47 Å². The van der Waals surface area contributed by atoms with Crippen molar-refractivity contribution in [2.24, 2.45) is 0 Å². The van der Waals surface area contributed by atoms with Crippen LogP contribution in [-0.4, -0.2) is 27.3 Å². The smallest absolute Gasteiger partial charge is 0.295 e. The zero-order chi connectivity index (χ0) is 19.4. The molecule has 3 rings (SSSR count). The Morgan fingerprint density at radius 1 is 1.26 bits per heavy atom. The molecule has 1 heterocycles. The van der Waals surface area contributed by atoms with Gasteiger partial charge in [0.15, 0.2) is 0 Å². The number of nitrogens with zero attached hydrogens (tertiary/aromatic N) is 3. The first kappa shape index (κ1) is 19.4. The molecule has 1 amide bonds. The van der Waals surface area contributed by atoms with Crippen LogP contribution in [0, 0.1) is 0 Å². The number of halogens is 2. The maximum absolute atomic E-state index is 12.7. The van der Waals surface area contributed by atoms with Gasteiger partial charge in [0.2, 0.25) is 5.82 Å². The fourth-order valence-corrected chi connectivity index (χ4v) is 3.12. The number of anilines is 1. The number of nitrogens with one attached hydrogen (secondary N) is 1. The first-order valence-electron chi connectivity index (χ1n) is 8.48. The molecule has 140 valence electrons. The second kappa shape index (κ2) is 8.54. The van der Waals surface area contributed by atoms with Crippen molar-refractivity contribution in [2.45, 2.75) is 20.3 Å². The number of carbonyl (C=O) groups excluding carboxylic acids is 1. The first-order valence-corrected chi connectivity index (χ1v) is 9.65. The van der Waals surface area contributed by atoms with Crippen molar-refractivity contribution < 1.29 is 9.53 Å². The van der Waals surface area contributed by atoms with Crippen molar-refractivity contribution in [3.05, 3.63) is 63.6 Å². The Bertz CT molecular complexity index is 974. The molecule has 8 heteroatoms. The molecule has 0 aliphatic carbocycles. The van der Waals surface area contributed by atoms with Gasteiger partial charge in [0.05, 0.1) is 23.0 Å². The Morgan fingerprint density at radius 3 is 2.74 bits per heavy atom. The highest BCUT2D eigenvalue weighted by molar-refractivity contribution is 9.10. The van der Waals surface area contributed by atoms with Gasteiger partial charge in [0, 0.05) is 10.9 Å². The summed E-state index contributed by atoms with van der Waals surface area (Å²) in [5, 5.41) is 7.72. The van der Waals surface area contributed by atoms with Crippen LogP contribution in [0.15, 0.2) is 46.9 Å². The molecule has 1 N–H and O–H groups in total. The lowest BCUT2D eigenvalue weighted by Gasteiger charge is -2.11. The number of carbonyl (C=O) groups is 1. The highest BCUT2D eigenvalue weighted by Gasteiger charge is 2.19. The highest BCUT2D eigenvalue weighted by Crippen LogP contribution is 2.29. The quantitative estimate of drug-likeness (QED) is 0.581. The zero-order valence-corrected chi connectivity index (χ0v) is 17.2. The Kier molecular flexibility index (Phi) is 6.13. The summed E-state index contributed by atoms with van der Waals surface area (Å²) in [5.41, 5.74) is 1.23. The summed E-state index contributed by atoms with van der Waals surface area (Å²) >= 11 is 9.67. The Morgan fingerprint density at radius 2 is 2.04 bits per heavy atom. The SMILES string of the molecule is CCOc1ccc(Br)cc1NC(=O)c1nc(CC)n(-c2ccccc2Cl)n1. The number of para-hydroxylation sites is 1. The largest absolute Gasteiger partial charge is 0.492 e. The van der Waals surface area contributed by atoms with Crippen LogP contribution in [0.25, 0.3) is 5.69 Å². The molecule has 0 spiro atoms. The van der Waals surface area contributed by atoms with Crippen LogP contribution in [-0.2, 0) is 6.42 Å². The van der Waals surface area contributed by atoms with Crippen molar-refractivity contribution >= 4 is 39.1 Å². The van der Waals surface area contributed by atoms with Crippen LogP contribution in [0.1, 0.15) is 30.3 Å². The molecule has 0 radical (unpaired) electrons. The van der Waals surface area contributed by atoms with E-state index < -0.39 is 5.91 Å². The molecule has 0 saturated heterocycles. The molecular formula is C19H18BrClN4O2. The Balaban J connectivity index is 1.93. The highest BCUT2D eigenvalue weighted by atomic mass is 79.9. The molecule has 6 nitrogen and oxygen atoms in total. The van der Waals surface area contributed by atoms with Crippen molar-refractivity contribution in [1.29, 1.82) is 0 Å². The van der Waals surface area contributed by atoms with Gasteiger partial charge in [-0.2, -0.15) is 0 Å². The molecule has 0 saturated carbocycles. The lowest BCUT2D eigenvalue weighted by atomic mass is 10.3. The predicted molar refractivity (Wildman–Crippen MR) is 109 cm³/mol. The average Bonchev–Trinajstić information content (AvgIpc) is 3.09. The number of aryl methyl sites for hydroxylation is 1. The molecule has 0 unspecified atom stereocenters. The van der Waals surface area contributed by atoms with E-state index in [-0.39, 0.29) is 5.82 Å². The molecule has 3 aromatic rings. The lowest BCUT2D eigenvalue weighted by molar-refractivity contribution is 0.101. The summed E-state index contributed by atoms with van der Waals surface area (Å²) in [6.07, 6.45) is 0.604. The summed E-state index contributed by atoms with van der Waals surface area (Å²) < 4.78 is 7.99. The minimum Gasteiger partial charge on any atom is -0.492 e. The number of rotatable bonds is 6. The van der Waals surface area contributed by atoms with Gasteiger partial charge in [-0.15, -0.1) is 5.10 Å². The molecule has 0 bridgehead atoms. The number of hydrogen-bond acceptors (Lipinski definition) is 4. The standard InChI is InChI=1S/C19H18BrClN4O2/c1-3-17-23-18(24-25(17)15-8-6-5-7-13(15)21)19(26)22-14-11-12(20)9-10-16(14)27-4-2/h5-11H,3-4H2,1-2H3,(H,22,26). The van der Waals surface area contributed by atoms with E-state index in [9.17, 15) is 4.79 Å². The third-order valence-electron chi connectivity index (χ3n) is 3.76. The number of hydrogen-bond donors (Lipinski definition) is 1. The Labute approximate surface area is 170 Å². The molecule has 0 fully saturated rings. The van der Waals surface area contributed by atoms with Gasteiger partial charge >= 0.3 is 0 Å². The van der Waals surface area contributed by atoms with Gasteiger partial charge in [-0.05, 0) is 37.3 Å². The van der Waals surface area contributed by atoms with Gasteiger partial charge in [-0.25, -0.2) is 9.67 Å². The number of amides is 1. The maximum Gasteiger partial charge on any atom is 0.295 e. The van der Waals surface area contributed by atoms with Crippen molar-refractivity contribution in [2.75, 3.05) is 11.9 Å². The summed E-state index contributed by atoms with van der Waals surface area (Å²) in [6, 6.07) is 12.7. The van der Waals surface area contributed by atoms with Crippen LogP contribution < -0.4 is 10.1 Å². The monoisotopic (exact) mass is 448 g/mol. The Hall–Kier alpha value is -2.38. The average molecular weight is 450 g/mol. The molecule has 0 atom stereocenters. The third-order valence-corrected chi connectivity index (χ3v) is 4.58. The van der Waals surface area contributed by atoms with E-state index in [1.165, 1.54) is 0 Å². The second-order valence-electron chi connectivity index (χ2n) is 5.60. The van der Waals surface area contributed by atoms with Crippen molar-refractivity contribution in [1.82, 2.24) is 14.8 Å².